The van der Waals surface area contributed by atoms with Crippen molar-refractivity contribution < 1.29 is 0 Å². The Bertz CT molecular complexity index is 314. The molecule has 5 heteroatoms. The molecule has 0 amide bonds. The molecule has 1 aromatic heterocycles. The van der Waals surface area contributed by atoms with Gasteiger partial charge in [-0.2, -0.15) is 5.10 Å². The van der Waals surface area contributed by atoms with Gasteiger partial charge >= 0.3 is 0 Å². The number of aromatic nitrogens is 3. The zero-order valence-electron chi connectivity index (χ0n) is 9.97. The van der Waals surface area contributed by atoms with E-state index in [1.54, 1.807) is 6.33 Å². The van der Waals surface area contributed by atoms with Crippen LogP contribution < -0.4 is 5.73 Å². The molecular formula is C11H21N5. The third kappa shape index (κ3) is 2.80. The Balaban J connectivity index is 1.79. The third-order valence-electron chi connectivity index (χ3n) is 3.45. The van der Waals surface area contributed by atoms with Gasteiger partial charge in [0.25, 0.3) is 0 Å². The van der Waals surface area contributed by atoms with E-state index in [1.165, 1.54) is 19.3 Å². The molecule has 1 aliphatic heterocycles. The van der Waals surface area contributed by atoms with Crippen molar-refractivity contribution in [2.45, 2.75) is 25.8 Å². The summed E-state index contributed by atoms with van der Waals surface area (Å²) >= 11 is 0. The highest BCUT2D eigenvalue weighted by Gasteiger charge is 2.19. The van der Waals surface area contributed by atoms with E-state index in [0.29, 0.717) is 0 Å². The average Bonchev–Trinajstić information content (AvgIpc) is 2.68. The summed E-state index contributed by atoms with van der Waals surface area (Å²) in [6.45, 7) is 4.08. The Kier molecular flexibility index (Phi) is 3.90. The number of piperidine rings is 1. The first kappa shape index (κ1) is 11.5. The molecule has 0 spiro atoms. The highest BCUT2D eigenvalue weighted by atomic mass is 15.3. The lowest BCUT2D eigenvalue weighted by Gasteiger charge is -2.31. The van der Waals surface area contributed by atoms with Crippen molar-refractivity contribution >= 4 is 0 Å². The highest BCUT2D eigenvalue weighted by Crippen LogP contribution is 2.20. The number of likely N-dealkylation sites (tertiary alicyclic amines) is 1. The van der Waals surface area contributed by atoms with Crippen LogP contribution in [0.3, 0.4) is 0 Å². The molecule has 0 bridgehead atoms. The maximum absolute atomic E-state index is 5.59. The Morgan fingerprint density at radius 1 is 1.44 bits per heavy atom. The van der Waals surface area contributed by atoms with Gasteiger partial charge in [-0.05, 0) is 44.8 Å². The van der Waals surface area contributed by atoms with E-state index in [-0.39, 0.29) is 0 Å². The van der Waals surface area contributed by atoms with Crippen LogP contribution in [0.5, 0.6) is 0 Å². The molecule has 0 saturated carbocycles. The number of hydrogen-bond donors (Lipinski definition) is 1. The van der Waals surface area contributed by atoms with Crippen LogP contribution in [-0.4, -0.2) is 39.3 Å². The fraction of sp³-hybridized carbons (Fsp3) is 0.818. The fourth-order valence-electron chi connectivity index (χ4n) is 2.33. The molecule has 0 radical (unpaired) electrons. The van der Waals surface area contributed by atoms with E-state index in [2.05, 4.69) is 15.0 Å². The zero-order valence-corrected chi connectivity index (χ0v) is 9.97. The minimum absolute atomic E-state index is 0.827. The highest BCUT2D eigenvalue weighted by molar-refractivity contribution is 4.85. The average molecular weight is 223 g/mol. The number of aryl methyl sites for hydroxylation is 1. The predicted molar refractivity (Wildman–Crippen MR) is 62.7 cm³/mol. The smallest absolute Gasteiger partial charge is 0.140 e. The molecule has 2 rings (SSSR count). The fourth-order valence-corrected chi connectivity index (χ4v) is 2.33. The second-order valence-corrected chi connectivity index (χ2v) is 4.60. The van der Waals surface area contributed by atoms with Crippen molar-refractivity contribution in [1.82, 2.24) is 19.7 Å². The number of nitrogens with zero attached hydrogens (tertiary/aromatic N) is 4. The molecule has 1 saturated heterocycles. The molecule has 1 fully saturated rings. The van der Waals surface area contributed by atoms with Crippen molar-refractivity contribution in [1.29, 1.82) is 0 Å². The van der Waals surface area contributed by atoms with Gasteiger partial charge < -0.3 is 5.73 Å². The Morgan fingerprint density at radius 3 is 2.75 bits per heavy atom. The summed E-state index contributed by atoms with van der Waals surface area (Å²) < 4.78 is 1.85. The minimum atomic E-state index is 0.827. The normalized spacial score (nSPS) is 19.1. The minimum Gasteiger partial charge on any atom is -0.330 e. The summed E-state index contributed by atoms with van der Waals surface area (Å²) in [6, 6.07) is 0. The van der Waals surface area contributed by atoms with Gasteiger partial charge in [-0.25, -0.2) is 4.98 Å². The first-order chi connectivity index (χ1) is 7.79. The summed E-state index contributed by atoms with van der Waals surface area (Å²) in [5.74, 6) is 1.89. The second kappa shape index (κ2) is 5.41. The lowest BCUT2D eigenvalue weighted by molar-refractivity contribution is 0.168. The van der Waals surface area contributed by atoms with E-state index in [9.17, 15) is 0 Å². The second-order valence-electron chi connectivity index (χ2n) is 4.60. The molecule has 5 nitrogen and oxygen atoms in total. The Hall–Kier alpha value is -0.940. The first-order valence-corrected chi connectivity index (χ1v) is 6.05. The number of nitrogens with two attached hydrogens (primary N) is 1. The van der Waals surface area contributed by atoms with Gasteiger partial charge in [-0.1, -0.05) is 0 Å². The molecule has 1 aromatic rings. The van der Waals surface area contributed by atoms with Gasteiger partial charge in [0.2, 0.25) is 0 Å². The van der Waals surface area contributed by atoms with Crippen LogP contribution in [-0.2, 0) is 13.6 Å². The molecule has 0 atom stereocenters. The van der Waals surface area contributed by atoms with Gasteiger partial charge in [-0.3, -0.25) is 9.58 Å². The van der Waals surface area contributed by atoms with Crippen LogP contribution in [0.15, 0.2) is 6.33 Å². The molecule has 2 N–H and O–H groups in total. The molecule has 0 unspecified atom stereocenters. The maximum Gasteiger partial charge on any atom is 0.140 e. The summed E-state index contributed by atoms with van der Waals surface area (Å²) in [4.78, 5) is 6.71. The summed E-state index contributed by atoms with van der Waals surface area (Å²) in [7, 11) is 1.95. The largest absolute Gasteiger partial charge is 0.330 e. The number of hydrogen-bond acceptors (Lipinski definition) is 4. The standard InChI is InChI=1S/C11H21N5/c1-15-11(13-9-14-15)8-16-6-3-10(2-5-12)4-7-16/h9-10H,2-8,12H2,1H3. The van der Waals surface area contributed by atoms with Crippen molar-refractivity contribution in [2.75, 3.05) is 19.6 Å². The molecule has 0 aliphatic carbocycles. The predicted octanol–water partition coefficient (Wildman–Crippen LogP) is 0.376. The van der Waals surface area contributed by atoms with Gasteiger partial charge in [0.05, 0.1) is 6.54 Å². The molecule has 90 valence electrons. The van der Waals surface area contributed by atoms with Crippen molar-refractivity contribution in [3.63, 3.8) is 0 Å². The van der Waals surface area contributed by atoms with E-state index >= 15 is 0 Å². The van der Waals surface area contributed by atoms with Crippen LogP contribution in [0.4, 0.5) is 0 Å². The third-order valence-corrected chi connectivity index (χ3v) is 3.45. The molecule has 2 heterocycles. The topological polar surface area (TPSA) is 60.0 Å². The SMILES string of the molecule is Cn1ncnc1CN1CCC(CCN)CC1. The van der Waals surface area contributed by atoms with E-state index in [1.807, 2.05) is 11.7 Å². The van der Waals surface area contributed by atoms with Crippen molar-refractivity contribution in [2.24, 2.45) is 18.7 Å². The summed E-state index contributed by atoms with van der Waals surface area (Å²) in [6.07, 6.45) is 5.35. The van der Waals surface area contributed by atoms with Gasteiger partial charge in [0, 0.05) is 7.05 Å². The first-order valence-electron chi connectivity index (χ1n) is 6.05. The molecule has 16 heavy (non-hydrogen) atoms. The van der Waals surface area contributed by atoms with Crippen LogP contribution in [0.2, 0.25) is 0 Å². The zero-order chi connectivity index (χ0) is 11.4. The Labute approximate surface area is 96.6 Å². The van der Waals surface area contributed by atoms with E-state index in [4.69, 9.17) is 5.73 Å². The lowest BCUT2D eigenvalue weighted by Crippen LogP contribution is -2.34. The van der Waals surface area contributed by atoms with Gasteiger partial charge in [0.15, 0.2) is 0 Å². The quantitative estimate of drug-likeness (QED) is 0.801. The van der Waals surface area contributed by atoms with Crippen LogP contribution >= 0.6 is 0 Å². The molecular weight excluding hydrogens is 202 g/mol. The maximum atomic E-state index is 5.59. The van der Waals surface area contributed by atoms with Gasteiger partial charge in [0.1, 0.15) is 12.2 Å². The molecule has 1 aliphatic rings. The monoisotopic (exact) mass is 223 g/mol. The van der Waals surface area contributed by atoms with Crippen LogP contribution in [0.1, 0.15) is 25.1 Å². The van der Waals surface area contributed by atoms with E-state index in [0.717, 1.165) is 37.9 Å². The van der Waals surface area contributed by atoms with Crippen molar-refractivity contribution in [3.05, 3.63) is 12.2 Å². The van der Waals surface area contributed by atoms with Gasteiger partial charge in [-0.15, -0.1) is 0 Å². The number of rotatable bonds is 4. The van der Waals surface area contributed by atoms with Crippen LogP contribution in [0, 0.1) is 5.92 Å². The van der Waals surface area contributed by atoms with Crippen molar-refractivity contribution in [3.8, 4) is 0 Å². The van der Waals surface area contributed by atoms with Crippen LogP contribution in [0.25, 0.3) is 0 Å². The Morgan fingerprint density at radius 2 is 2.19 bits per heavy atom. The summed E-state index contributed by atoms with van der Waals surface area (Å²) in [5.41, 5.74) is 5.59. The molecule has 0 aromatic carbocycles. The lowest BCUT2D eigenvalue weighted by atomic mass is 9.94. The van der Waals surface area contributed by atoms with E-state index < -0.39 is 0 Å². The summed E-state index contributed by atoms with van der Waals surface area (Å²) in [5, 5.41) is 4.09.